The third kappa shape index (κ3) is 3.95. The molecule has 114 valence electrons. The second-order valence-electron chi connectivity index (χ2n) is 4.99. The molecule has 0 unspecified atom stereocenters. The second-order valence-corrected chi connectivity index (χ2v) is 4.99. The van der Waals surface area contributed by atoms with Crippen LogP contribution in [-0.2, 0) is 11.3 Å². The van der Waals surface area contributed by atoms with Crippen LogP contribution in [-0.4, -0.2) is 18.4 Å². The van der Waals surface area contributed by atoms with Crippen LogP contribution in [0, 0.1) is 0 Å². The van der Waals surface area contributed by atoms with E-state index in [1.54, 1.807) is 17.0 Å². The number of hydrogen-bond acceptors (Lipinski definition) is 2. The van der Waals surface area contributed by atoms with E-state index in [1.807, 2.05) is 49.4 Å². The molecule has 0 heterocycles. The zero-order valence-corrected chi connectivity index (χ0v) is 12.9. The lowest BCUT2D eigenvalue weighted by molar-refractivity contribution is -0.119. The minimum Gasteiger partial charge on any atom is -0.352 e. The smallest absolute Gasteiger partial charge is 0.258 e. The van der Waals surface area contributed by atoms with E-state index < -0.39 is 0 Å². The molecule has 2 aromatic rings. The number of nitrogens with one attached hydrogen (secondary N) is 1. The van der Waals surface area contributed by atoms with Gasteiger partial charge in [0.25, 0.3) is 5.91 Å². The van der Waals surface area contributed by atoms with Gasteiger partial charge in [0.05, 0.1) is 0 Å². The summed E-state index contributed by atoms with van der Waals surface area (Å²) in [6.07, 6.45) is 0. The Hall–Kier alpha value is -2.62. The zero-order chi connectivity index (χ0) is 15.9. The molecule has 0 aliphatic carbocycles. The van der Waals surface area contributed by atoms with Crippen molar-refractivity contribution in [2.24, 2.45) is 0 Å². The van der Waals surface area contributed by atoms with E-state index in [2.05, 4.69) is 5.32 Å². The van der Waals surface area contributed by atoms with Crippen molar-refractivity contribution >= 4 is 17.5 Å². The van der Waals surface area contributed by atoms with Crippen LogP contribution in [0.25, 0.3) is 0 Å². The van der Waals surface area contributed by atoms with Gasteiger partial charge in [0.1, 0.15) is 0 Å². The van der Waals surface area contributed by atoms with E-state index >= 15 is 0 Å². The van der Waals surface area contributed by atoms with E-state index in [0.717, 1.165) is 11.3 Å². The van der Waals surface area contributed by atoms with E-state index in [-0.39, 0.29) is 11.8 Å². The van der Waals surface area contributed by atoms with Crippen LogP contribution in [0.4, 0.5) is 5.69 Å². The van der Waals surface area contributed by atoms with Crippen molar-refractivity contribution in [2.45, 2.75) is 20.4 Å². The number of anilines is 1. The Morgan fingerprint density at radius 1 is 1.00 bits per heavy atom. The van der Waals surface area contributed by atoms with Crippen molar-refractivity contribution in [3.63, 3.8) is 0 Å². The van der Waals surface area contributed by atoms with Gasteiger partial charge in [-0.05, 0) is 36.8 Å². The lowest BCUT2D eigenvalue weighted by atomic mass is 10.1. The Labute approximate surface area is 130 Å². The average molecular weight is 296 g/mol. The van der Waals surface area contributed by atoms with Crippen LogP contribution in [0.3, 0.4) is 0 Å². The van der Waals surface area contributed by atoms with Crippen LogP contribution < -0.4 is 10.2 Å². The summed E-state index contributed by atoms with van der Waals surface area (Å²) in [4.78, 5) is 25.3. The van der Waals surface area contributed by atoms with Crippen molar-refractivity contribution in [2.75, 3.05) is 11.4 Å². The minimum atomic E-state index is -0.0682. The molecular formula is C18H20N2O2. The number of amides is 2. The molecule has 0 saturated carbocycles. The largest absolute Gasteiger partial charge is 0.352 e. The highest BCUT2D eigenvalue weighted by molar-refractivity contribution is 6.06. The van der Waals surface area contributed by atoms with Crippen molar-refractivity contribution in [3.05, 3.63) is 65.7 Å². The van der Waals surface area contributed by atoms with Crippen molar-refractivity contribution < 1.29 is 9.59 Å². The molecule has 2 aromatic carbocycles. The fraction of sp³-hybridized carbons (Fsp3) is 0.222. The Balaban J connectivity index is 2.13. The van der Waals surface area contributed by atoms with Crippen LogP contribution in [0.15, 0.2) is 54.6 Å². The van der Waals surface area contributed by atoms with Crippen LogP contribution in [0.2, 0.25) is 0 Å². The Morgan fingerprint density at radius 2 is 1.64 bits per heavy atom. The summed E-state index contributed by atoms with van der Waals surface area (Å²) in [6.45, 7) is 4.52. The lowest BCUT2D eigenvalue weighted by Gasteiger charge is -2.21. The highest BCUT2D eigenvalue weighted by Gasteiger charge is 2.15. The Bertz CT molecular complexity index is 636. The van der Waals surface area contributed by atoms with Gasteiger partial charge in [-0.2, -0.15) is 0 Å². The van der Waals surface area contributed by atoms with Gasteiger partial charge < -0.3 is 10.2 Å². The topological polar surface area (TPSA) is 49.4 Å². The van der Waals surface area contributed by atoms with E-state index in [1.165, 1.54) is 6.92 Å². The van der Waals surface area contributed by atoms with Crippen LogP contribution in [0.1, 0.15) is 29.8 Å². The first-order chi connectivity index (χ1) is 10.6. The minimum absolute atomic E-state index is 0.0280. The summed E-state index contributed by atoms with van der Waals surface area (Å²) in [6, 6.07) is 16.9. The molecule has 0 saturated heterocycles. The quantitative estimate of drug-likeness (QED) is 0.922. The maximum absolute atomic E-state index is 12.6. The molecule has 0 radical (unpaired) electrons. The number of carbonyl (C=O) groups is 2. The number of para-hydroxylation sites is 1. The van der Waals surface area contributed by atoms with Crippen molar-refractivity contribution in [1.29, 1.82) is 0 Å². The van der Waals surface area contributed by atoms with Gasteiger partial charge in [0.15, 0.2) is 0 Å². The molecule has 0 bridgehead atoms. The average Bonchev–Trinajstić information content (AvgIpc) is 2.55. The number of benzene rings is 2. The number of carbonyl (C=O) groups excluding carboxylic acids is 2. The maximum atomic E-state index is 12.6. The molecule has 4 nitrogen and oxygen atoms in total. The van der Waals surface area contributed by atoms with Gasteiger partial charge >= 0.3 is 0 Å². The molecule has 2 rings (SSSR count). The molecule has 0 fully saturated rings. The zero-order valence-electron chi connectivity index (χ0n) is 12.9. The first kappa shape index (κ1) is 15.8. The molecule has 1 N–H and O–H groups in total. The highest BCUT2D eigenvalue weighted by atomic mass is 16.2. The summed E-state index contributed by atoms with van der Waals surface area (Å²) in [5.41, 5.74) is 2.49. The molecule has 2 amide bonds. The van der Waals surface area contributed by atoms with Gasteiger partial charge in [-0.25, -0.2) is 0 Å². The standard InChI is InChI=1S/C18H20N2O2/c1-3-20(17-7-5-4-6-8-17)18(22)16-11-9-15(10-12-16)13-19-14(2)21/h4-12H,3,13H2,1-2H3,(H,19,21). The van der Waals surface area contributed by atoms with Gasteiger partial charge in [0.2, 0.25) is 5.91 Å². The molecule has 0 aliphatic heterocycles. The third-order valence-corrected chi connectivity index (χ3v) is 3.37. The Kier molecular flexibility index (Phi) is 5.31. The molecule has 0 aromatic heterocycles. The number of hydrogen-bond donors (Lipinski definition) is 1. The first-order valence-corrected chi connectivity index (χ1v) is 7.32. The van der Waals surface area contributed by atoms with Gasteiger partial charge in [-0.3, -0.25) is 9.59 Å². The van der Waals surface area contributed by atoms with E-state index in [0.29, 0.717) is 18.7 Å². The molecule has 0 atom stereocenters. The predicted octanol–water partition coefficient (Wildman–Crippen LogP) is 2.99. The van der Waals surface area contributed by atoms with Gasteiger partial charge in [-0.1, -0.05) is 30.3 Å². The van der Waals surface area contributed by atoms with Crippen molar-refractivity contribution in [1.82, 2.24) is 5.32 Å². The summed E-state index contributed by atoms with van der Waals surface area (Å²) in [7, 11) is 0. The summed E-state index contributed by atoms with van der Waals surface area (Å²) >= 11 is 0. The maximum Gasteiger partial charge on any atom is 0.258 e. The molecule has 4 heteroatoms. The molecule has 0 spiro atoms. The van der Waals surface area contributed by atoms with Crippen molar-refractivity contribution in [3.8, 4) is 0 Å². The van der Waals surface area contributed by atoms with E-state index in [9.17, 15) is 9.59 Å². The number of nitrogens with zero attached hydrogens (tertiary/aromatic N) is 1. The summed E-state index contributed by atoms with van der Waals surface area (Å²) in [5.74, 6) is -0.0961. The van der Waals surface area contributed by atoms with Crippen LogP contribution in [0.5, 0.6) is 0 Å². The van der Waals surface area contributed by atoms with Crippen LogP contribution >= 0.6 is 0 Å². The monoisotopic (exact) mass is 296 g/mol. The van der Waals surface area contributed by atoms with E-state index in [4.69, 9.17) is 0 Å². The lowest BCUT2D eigenvalue weighted by Crippen LogP contribution is -2.30. The van der Waals surface area contributed by atoms with Gasteiger partial charge in [0, 0.05) is 31.3 Å². The normalized spacial score (nSPS) is 10.1. The fourth-order valence-corrected chi connectivity index (χ4v) is 2.20. The molecule has 0 aliphatic rings. The predicted molar refractivity (Wildman–Crippen MR) is 87.8 cm³/mol. The fourth-order valence-electron chi connectivity index (χ4n) is 2.20. The molecular weight excluding hydrogens is 276 g/mol. The summed E-state index contributed by atoms with van der Waals surface area (Å²) in [5, 5.41) is 2.74. The summed E-state index contributed by atoms with van der Waals surface area (Å²) < 4.78 is 0. The number of rotatable bonds is 5. The molecule has 22 heavy (non-hydrogen) atoms. The van der Waals surface area contributed by atoms with Gasteiger partial charge in [-0.15, -0.1) is 0 Å². The highest BCUT2D eigenvalue weighted by Crippen LogP contribution is 2.17. The second kappa shape index (κ2) is 7.41. The first-order valence-electron chi connectivity index (χ1n) is 7.32. The Morgan fingerprint density at radius 3 is 2.18 bits per heavy atom. The third-order valence-electron chi connectivity index (χ3n) is 3.37. The SMILES string of the molecule is CCN(C(=O)c1ccc(CNC(C)=O)cc1)c1ccccc1.